The Morgan fingerprint density at radius 1 is 1.30 bits per heavy atom. The van der Waals surface area contributed by atoms with Crippen LogP contribution in [0.5, 0.6) is 0 Å². The highest BCUT2D eigenvalue weighted by Crippen LogP contribution is 2.28. The molecule has 0 spiro atoms. The summed E-state index contributed by atoms with van der Waals surface area (Å²) in [5, 5.41) is 0. The highest BCUT2D eigenvalue weighted by Gasteiger charge is 2.47. The van der Waals surface area contributed by atoms with Gasteiger partial charge < -0.3 is 4.90 Å². The molecule has 2 aliphatic heterocycles. The molecule has 0 saturated carbocycles. The zero-order chi connectivity index (χ0) is 16.6. The van der Waals surface area contributed by atoms with Gasteiger partial charge in [0.25, 0.3) is 5.91 Å². The first-order valence-corrected chi connectivity index (χ1v) is 9.91. The smallest absolute Gasteiger partial charge is 0.256 e. The summed E-state index contributed by atoms with van der Waals surface area (Å²) in [6.45, 7) is 6.16. The number of carbonyl (C=O) groups excluding carboxylic acids is 1. The Balaban J connectivity index is 1.89. The number of amides is 1. The molecule has 1 amide bonds. The van der Waals surface area contributed by atoms with Crippen LogP contribution in [0.1, 0.15) is 29.3 Å². The molecule has 0 aliphatic carbocycles. The van der Waals surface area contributed by atoms with Crippen molar-refractivity contribution in [3.63, 3.8) is 0 Å². The summed E-state index contributed by atoms with van der Waals surface area (Å²) >= 11 is 0. The molecule has 2 saturated heterocycles. The Labute approximate surface area is 137 Å². The Hall–Kier alpha value is -1.47. The summed E-state index contributed by atoms with van der Waals surface area (Å²) in [6, 6.07) is 1.49. The summed E-state index contributed by atoms with van der Waals surface area (Å²) in [5.74, 6) is 0.134. The Bertz CT molecular complexity index is 704. The second kappa shape index (κ2) is 6.20. The van der Waals surface area contributed by atoms with Crippen LogP contribution in [-0.2, 0) is 9.84 Å². The summed E-state index contributed by atoms with van der Waals surface area (Å²) in [6.07, 6.45) is 4.22. The Morgan fingerprint density at radius 2 is 2.04 bits per heavy atom. The maximum atomic E-state index is 12.9. The minimum Gasteiger partial charge on any atom is -0.332 e. The van der Waals surface area contributed by atoms with Crippen LogP contribution in [0, 0.1) is 6.92 Å². The lowest BCUT2D eigenvalue weighted by Crippen LogP contribution is -2.60. The molecule has 1 aromatic heterocycles. The fourth-order valence-electron chi connectivity index (χ4n) is 3.68. The normalized spacial score (nSPS) is 27.0. The number of aryl methyl sites for hydroxylation is 1. The van der Waals surface area contributed by atoms with Crippen molar-refractivity contribution in [3.05, 3.63) is 29.6 Å². The number of aromatic nitrogens is 1. The second-order valence-corrected chi connectivity index (χ2v) is 8.59. The van der Waals surface area contributed by atoms with Crippen molar-refractivity contribution < 1.29 is 13.2 Å². The molecular weight excluding hydrogens is 314 g/mol. The number of hydrogen-bond acceptors (Lipinski definition) is 5. The number of pyridine rings is 1. The van der Waals surface area contributed by atoms with Gasteiger partial charge in [0.1, 0.15) is 0 Å². The Morgan fingerprint density at radius 3 is 2.74 bits per heavy atom. The van der Waals surface area contributed by atoms with Gasteiger partial charge in [0.15, 0.2) is 9.84 Å². The monoisotopic (exact) mass is 337 g/mol. The molecule has 0 radical (unpaired) electrons. The van der Waals surface area contributed by atoms with E-state index >= 15 is 0 Å². The van der Waals surface area contributed by atoms with E-state index in [1.54, 1.807) is 17.3 Å². The first-order valence-electron chi connectivity index (χ1n) is 8.09. The molecule has 3 heterocycles. The molecule has 1 aromatic rings. The number of carbonyl (C=O) groups is 1. The molecular formula is C16H23N3O3S. The number of piperazine rings is 1. The van der Waals surface area contributed by atoms with Gasteiger partial charge in [-0.15, -0.1) is 0 Å². The number of fused-ring (bicyclic) bond motifs is 1. The zero-order valence-electron chi connectivity index (χ0n) is 13.6. The van der Waals surface area contributed by atoms with E-state index in [0.29, 0.717) is 12.1 Å². The third kappa shape index (κ3) is 3.12. The molecule has 23 heavy (non-hydrogen) atoms. The van der Waals surface area contributed by atoms with Crippen LogP contribution >= 0.6 is 0 Å². The van der Waals surface area contributed by atoms with Gasteiger partial charge in [-0.3, -0.25) is 14.7 Å². The van der Waals surface area contributed by atoms with Crippen LogP contribution in [0.25, 0.3) is 0 Å². The van der Waals surface area contributed by atoms with E-state index in [9.17, 15) is 13.2 Å². The first-order chi connectivity index (χ1) is 10.9. The molecule has 0 bridgehead atoms. The highest BCUT2D eigenvalue weighted by molar-refractivity contribution is 7.91. The molecule has 0 unspecified atom stereocenters. The van der Waals surface area contributed by atoms with E-state index in [1.807, 2.05) is 13.0 Å². The van der Waals surface area contributed by atoms with Crippen LogP contribution in [0.4, 0.5) is 0 Å². The van der Waals surface area contributed by atoms with Gasteiger partial charge in [-0.05, 0) is 31.5 Å². The third-order valence-corrected chi connectivity index (χ3v) is 6.53. The van der Waals surface area contributed by atoms with E-state index in [0.717, 1.165) is 25.1 Å². The molecule has 7 heteroatoms. The van der Waals surface area contributed by atoms with Gasteiger partial charge >= 0.3 is 0 Å². The zero-order valence-corrected chi connectivity index (χ0v) is 14.4. The lowest BCUT2D eigenvalue weighted by molar-refractivity contribution is 0.0332. The summed E-state index contributed by atoms with van der Waals surface area (Å²) in [7, 11) is -3.09. The number of nitrogens with zero attached hydrogens (tertiary/aromatic N) is 3. The van der Waals surface area contributed by atoms with Crippen LogP contribution in [0.2, 0.25) is 0 Å². The maximum Gasteiger partial charge on any atom is 0.256 e. The predicted octanol–water partition coefficient (Wildman–Crippen LogP) is 0.723. The standard InChI is InChI=1S/C16H23N3O3S/c1-3-6-18-7-8-19(15-11-23(21,22)10-14(15)18)16(20)13-9-17-5-4-12(13)2/h4-5,9,14-15H,3,6-8,10-11H2,1-2H3/t14-,15+/m1/s1. The van der Waals surface area contributed by atoms with Crippen molar-refractivity contribution in [2.45, 2.75) is 32.4 Å². The van der Waals surface area contributed by atoms with Crippen LogP contribution in [-0.4, -0.2) is 72.3 Å². The highest BCUT2D eigenvalue weighted by atomic mass is 32.2. The fraction of sp³-hybridized carbons (Fsp3) is 0.625. The summed E-state index contributed by atoms with van der Waals surface area (Å²) in [5.41, 5.74) is 1.44. The topological polar surface area (TPSA) is 70.6 Å². The van der Waals surface area contributed by atoms with Gasteiger partial charge in [-0.25, -0.2) is 8.42 Å². The second-order valence-electron chi connectivity index (χ2n) is 6.44. The van der Waals surface area contributed by atoms with Crippen LogP contribution in [0.15, 0.2) is 18.5 Å². The lowest BCUT2D eigenvalue weighted by Gasteiger charge is -2.44. The first kappa shape index (κ1) is 16.4. The summed E-state index contributed by atoms with van der Waals surface area (Å²) < 4.78 is 24.3. The third-order valence-electron chi connectivity index (χ3n) is 4.83. The largest absolute Gasteiger partial charge is 0.332 e. The molecule has 2 fully saturated rings. The van der Waals surface area contributed by atoms with Gasteiger partial charge in [0, 0.05) is 31.5 Å². The molecule has 0 aromatic carbocycles. The Kier molecular flexibility index (Phi) is 4.42. The van der Waals surface area contributed by atoms with Crippen molar-refractivity contribution in [2.75, 3.05) is 31.1 Å². The van der Waals surface area contributed by atoms with Crippen LogP contribution < -0.4 is 0 Å². The number of rotatable bonds is 3. The van der Waals surface area contributed by atoms with E-state index in [1.165, 1.54) is 0 Å². The van der Waals surface area contributed by atoms with Crippen molar-refractivity contribution in [1.29, 1.82) is 0 Å². The van der Waals surface area contributed by atoms with Crippen molar-refractivity contribution in [2.24, 2.45) is 0 Å². The lowest BCUT2D eigenvalue weighted by atomic mass is 10.0. The molecule has 2 aliphatic rings. The van der Waals surface area contributed by atoms with Gasteiger partial charge in [-0.1, -0.05) is 6.92 Å². The predicted molar refractivity (Wildman–Crippen MR) is 88.1 cm³/mol. The molecule has 126 valence electrons. The quantitative estimate of drug-likeness (QED) is 0.813. The minimum absolute atomic E-state index is 0.0724. The van der Waals surface area contributed by atoms with Crippen molar-refractivity contribution in [3.8, 4) is 0 Å². The number of sulfone groups is 1. The number of hydrogen-bond donors (Lipinski definition) is 0. The molecule has 3 rings (SSSR count). The molecule has 6 nitrogen and oxygen atoms in total. The van der Waals surface area contributed by atoms with E-state index in [4.69, 9.17) is 0 Å². The average molecular weight is 337 g/mol. The summed E-state index contributed by atoms with van der Waals surface area (Å²) in [4.78, 5) is 20.9. The SMILES string of the molecule is CCCN1CCN(C(=O)c2cnccc2C)[C@H]2CS(=O)(=O)C[C@H]21. The van der Waals surface area contributed by atoms with E-state index < -0.39 is 9.84 Å². The van der Waals surface area contributed by atoms with Gasteiger partial charge in [0.2, 0.25) is 0 Å². The molecule has 0 N–H and O–H groups in total. The van der Waals surface area contributed by atoms with Gasteiger partial charge in [0.05, 0.1) is 23.1 Å². The van der Waals surface area contributed by atoms with Gasteiger partial charge in [-0.2, -0.15) is 0 Å². The maximum absolute atomic E-state index is 12.9. The van der Waals surface area contributed by atoms with E-state index in [2.05, 4.69) is 16.8 Å². The fourth-order valence-corrected chi connectivity index (χ4v) is 5.70. The van der Waals surface area contributed by atoms with E-state index in [-0.39, 0.29) is 29.5 Å². The minimum atomic E-state index is -3.09. The van der Waals surface area contributed by atoms with Crippen LogP contribution in [0.3, 0.4) is 0 Å². The molecule has 2 atom stereocenters. The average Bonchev–Trinajstić information content (AvgIpc) is 2.83. The van der Waals surface area contributed by atoms with Crippen molar-refractivity contribution in [1.82, 2.24) is 14.8 Å². The van der Waals surface area contributed by atoms with Crippen molar-refractivity contribution >= 4 is 15.7 Å².